The van der Waals surface area contributed by atoms with Crippen molar-refractivity contribution >= 4 is 41.4 Å². The van der Waals surface area contributed by atoms with E-state index in [0.29, 0.717) is 16.7 Å². The third-order valence-electron chi connectivity index (χ3n) is 3.31. The smallest absolute Gasteiger partial charge is 0.434 e. The Balaban J connectivity index is 2.43. The highest BCUT2D eigenvalue weighted by Gasteiger charge is 2.37. The van der Waals surface area contributed by atoms with E-state index < -0.39 is 46.2 Å². The Bertz CT molecular complexity index is 1010. The predicted molar refractivity (Wildman–Crippen MR) is 115 cm³/mol. The molecule has 0 aliphatic heterocycles. The van der Waals surface area contributed by atoms with Crippen molar-refractivity contribution in [3.05, 3.63) is 35.4 Å². The minimum atomic E-state index is -4.68. The molecule has 180 valence electrons. The highest BCUT2D eigenvalue weighted by molar-refractivity contribution is 7.99. The average molecular weight is 507 g/mol. The Morgan fingerprint density at radius 2 is 1.55 bits per heavy atom. The topological polar surface area (TPSA) is 94.5 Å². The molecular formula is C20H22ClF3N4O4S. The van der Waals surface area contributed by atoms with Gasteiger partial charge in [-0.25, -0.2) is 19.6 Å². The summed E-state index contributed by atoms with van der Waals surface area (Å²) in [6.07, 6.45) is -4.81. The quantitative estimate of drug-likeness (QED) is 0.473. The first-order valence-corrected chi connectivity index (χ1v) is 10.7. The molecule has 13 heteroatoms. The molecule has 2 heterocycles. The summed E-state index contributed by atoms with van der Waals surface area (Å²) in [5.74, 6) is -0.397. The van der Waals surface area contributed by atoms with E-state index >= 15 is 0 Å². The number of pyridine rings is 1. The first kappa shape index (κ1) is 26.7. The van der Waals surface area contributed by atoms with Crippen molar-refractivity contribution in [2.75, 3.05) is 4.90 Å². The van der Waals surface area contributed by atoms with Crippen LogP contribution < -0.4 is 4.90 Å². The maximum absolute atomic E-state index is 13.2. The normalized spacial score (nSPS) is 12.3. The Kier molecular flexibility index (Phi) is 7.85. The van der Waals surface area contributed by atoms with Gasteiger partial charge in [-0.1, -0.05) is 23.4 Å². The fourth-order valence-electron chi connectivity index (χ4n) is 2.21. The van der Waals surface area contributed by atoms with Gasteiger partial charge in [-0.3, -0.25) is 4.98 Å². The van der Waals surface area contributed by atoms with Crippen LogP contribution in [-0.4, -0.2) is 38.3 Å². The molecule has 0 aromatic carbocycles. The fourth-order valence-corrected chi connectivity index (χ4v) is 3.36. The van der Waals surface area contributed by atoms with Gasteiger partial charge in [0.25, 0.3) is 0 Å². The molecule has 2 rings (SSSR count). The Morgan fingerprint density at radius 1 is 1.00 bits per heavy atom. The number of carbonyl (C=O) groups is 2. The Morgan fingerprint density at radius 3 is 2.00 bits per heavy atom. The number of hydrogen-bond acceptors (Lipinski definition) is 8. The van der Waals surface area contributed by atoms with Crippen LogP contribution in [0.3, 0.4) is 0 Å². The summed E-state index contributed by atoms with van der Waals surface area (Å²) in [7, 11) is 0. The number of amides is 2. The number of anilines is 1. The van der Waals surface area contributed by atoms with E-state index in [1.807, 2.05) is 0 Å². The molecule has 0 saturated heterocycles. The second-order valence-electron chi connectivity index (χ2n) is 8.57. The summed E-state index contributed by atoms with van der Waals surface area (Å²) in [6, 6.07) is 2.56. The zero-order valence-corrected chi connectivity index (χ0v) is 20.2. The molecule has 0 N–H and O–H groups in total. The van der Waals surface area contributed by atoms with Gasteiger partial charge in [-0.05, 0) is 53.7 Å². The van der Waals surface area contributed by atoms with E-state index in [4.69, 9.17) is 21.1 Å². The van der Waals surface area contributed by atoms with E-state index in [2.05, 4.69) is 15.0 Å². The van der Waals surface area contributed by atoms with Crippen LogP contribution in [0.1, 0.15) is 47.2 Å². The van der Waals surface area contributed by atoms with Crippen molar-refractivity contribution in [3.63, 3.8) is 0 Å². The van der Waals surface area contributed by atoms with Gasteiger partial charge in [-0.2, -0.15) is 18.1 Å². The molecule has 2 aromatic rings. The second kappa shape index (κ2) is 9.72. The van der Waals surface area contributed by atoms with Gasteiger partial charge in [0.15, 0.2) is 16.7 Å². The standard InChI is InChI=1S/C20H22ClF3N4O4S/c1-18(2,3)31-16(29)28(17(30)32-19(4,5)6)15-14(21)27-12(10-26-15)33-11-8-7-9-25-13(11)20(22,23)24/h7-10H,1-6H3. The van der Waals surface area contributed by atoms with Crippen molar-refractivity contribution in [2.24, 2.45) is 0 Å². The zero-order valence-electron chi connectivity index (χ0n) is 18.7. The third-order valence-corrected chi connectivity index (χ3v) is 4.52. The summed E-state index contributed by atoms with van der Waals surface area (Å²) in [5, 5.41) is -0.440. The number of imide groups is 1. The second-order valence-corrected chi connectivity index (χ2v) is 9.99. The summed E-state index contributed by atoms with van der Waals surface area (Å²) in [6.45, 7) is 9.57. The van der Waals surface area contributed by atoms with Crippen LogP contribution in [0, 0.1) is 0 Å². The minimum Gasteiger partial charge on any atom is -0.443 e. The first-order chi connectivity index (χ1) is 15.0. The van der Waals surface area contributed by atoms with Gasteiger partial charge in [0.2, 0.25) is 0 Å². The Labute approximate surface area is 197 Å². The van der Waals surface area contributed by atoms with Crippen LogP contribution in [0.25, 0.3) is 0 Å². The number of nitrogens with zero attached hydrogens (tertiary/aromatic N) is 4. The molecule has 0 aliphatic carbocycles. The highest BCUT2D eigenvalue weighted by Crippen LogP contribution is 2.38. The van der Waals surface area contributed by atoms with Crippen molar-refractivity contribution < 1.29 is 32.2 Å². The number of hydrogen-bond donors (Lipinski definition) is 0. The fraction of sp³-hybridized carbons (Fsp3) is 0.450. The van der Waals surface area contributed by atoms with Crippen LogP contribution in [0.15, 0.2) is 34.4 Å². The summed E-state index contributed by atoms with van der Waals surface area (Å²) in [5.41, 5.74) is -3.01. The highest BCUT2D eigenvalue weighted by atomic mass is 35.5. The molecule has 33 heavy (non-hydrogen) atoms. The van der Waals surface area contributed by atoms with E-state index in [1.165, 1.54) is 12.1 Å². The largest absolute Gasteiger partial charge is 0.443 e. The lowest BCUT2D eigenvalue weighted by atomic mass is 10.2. The van der Waals surface area contributed by atoms with Crippen molar-refractivity contribution in [2.45, 2.75) is 68.8 Å². The lowest BCUT2D eigenvalue weighted by molar-refractivity contribution is -0.143. The van der Waals surface area contributed by atoms with Gasteiger partial charge in [0.1, 0.15) is 16.2 Å². The third kappa shape index (κ3) is 7.74. The number of halogens is 4. The molecule has 0 bridgehead atoms. The van der Waals surface area contributed by atoms with Crippen LogP contribution in [-0.2, 0) is 15.7 Å². The molecule has 0 radical (unpaired) electrons. The number of aromatic nitrogens is 3. The van der Waals surface area contributed by atoms with E-state index in [-0.39, 0.29) is 9.92 Å². The lowest BCUT2D eigenvalue weighted by Crippen LogP contribution is -2.44. The van der Waals surface area contributed by atoms with Gasteiger partial charge in [0.05, 0.1) is 6.20 Å². The lowest BCUT2D eigenvalue weighted by Gasteiger charge is -2.28. The molecule has 2 aromatic heterocycles. The van der Waals surface area contributed by atoms with E-state index in [1.54, 1.807) is 41.5 Å². The summed E-state index contributed by atoms with van der Waals surface area (Å²) < 4.78 is 50.1. The van der Waals surface area contributed by atoms with Crippen molar-refractivity contribution in [1.82, 2.24) is 15.0 Å². The number of ether oxygens (including phenoxy) is 2. The molecule has 0 fully saturated rings. The van der Waals surface area contributed by atoms with Crippen LogP contribution in [0.2, 0.25) is 5.15 Å². The Hall–Kier alpha value is -2.60. The van der Waals surface area contributed by atoms with E-state index in [0.717, 1.165) is 12.4 Å². The molecular weight excluding hydrogens is 485 g/mol. The maximum Gasteiger partial charge on any atom is 0.434 e. The van der Waals surface area contributed by atoms with Crippen molar-refractivity contribution in [3.8, 4) is 0 Å². The zero-order chi connectivity index (χ0) is 25.2. The van der Waals surface area contributed by atoms with Gasteiger partial charge in [0, 0.05) is 11.1 Å². The van der Waals surface area contributed by atoms with Crippen LogP contribution in [0.5, 0.6) is 0 Å². The molecule has 0 atom stereocenters. The SMILES string of the molecule is CC(C)(C)OC(=O)N(C(=O)OC(C)(C)C)c1ncc(Sc2cccnc2C(F)(F)F)nc1Cl. The molecule has 8 nitrogen and oxygen atoms in total. The van der Waals surface area contributed by atoms with E-state index in [9.17, 15) is 22.8 Å². The van der Waals surface area contributed by atoms with Gasteiger partial charge < -0.3 is 9.47 Å². The predicted octanol–water partition coefficient (Wildman–Crippen LogP) is 6.37. The van der Waals surface area contributed by atoms with Crippen molar-refractivity contribution in [1.29, 1.82) is 0 Å². The summed E-state index contributed by atoms with van der Waals surface area (Å²) in [4.78, 5) is 37.0. The molecule has 2 amide bonds. The molecule has 0 aliphatic rings. The monoisotopic (exact) mass is 506 g/mol. The number of carbonyl (C=O) groups excluding carboxylic acids is 2. The molecule has 0 unspecified atom stereocenters. The van der Waals surface area contributed by atoms with Crippen LogP contribution >= 0.6 is 23.4 Å². The molecule has 0 spiro atoms. The summed E-state index contributed by atoms with van der Waals surface area (Å²) >= 11 is 6.79. The van der Waals surface area contributed by atoms with Gasteiger partial charge in [-0.15, -0.1) is 0 Å². The van der Waals surface area contributed by atoms with Gasteiger partial charge >= 0.3 is 18.4 Å². The van der Waals surface area contributed by atoms with Crippen LogP contribution in [0.4, 0.5) is 28.6 Å². The number of alkyl halides is 3. The maximum atomic E-state index is 13.2. The average Bonchev–Trinajstić information content (AvgIpc) is 2.60. The minimum absolute atomic E-state index is 0.0180. The first-order valence-electron chi connectivity index (χ1n) is 9.46. The molecule has 0 saturated carbocycles. The number of rotatable bonds is 3.